The summed E-state index contributed by atoms with van der Waals surface area (Å²) in [7, 11) is 0. The maximum absolute atomic E-state index is 5.04. The molecule has 8 rings (SSSR count). The van der Waals surface area contributed by atoms with E-state index in [9.17, 15) is 0 Å². The van der Waals surface area contributed by atoms with Crippen molar-refractivity contribution in [2.75, 3.05) is 0 Å². The van der Waals surface area contributed by atoms with Gasteiger partial charge in [-0.1, -0.05) is 12.1 Å². The van der Waals surface area contributed by atoms with E-state index < -0.39 is 0 Å². The van der Waals surface area contributed by atoms with Gasteiger partial charge < -0.3 is 0 Å². The van der Waals surface area contributed by atoms with Crippen molar-refractivity contribution in [3.8, 4) is 67.5 Å². The van der Waals surface area contributed by atoms with Crippen molar-refractivity contribution in [3.63, 3.8) is 0 Å². The molecule has 4 heteroatoms. The summed E-state index contributed by atoms with van der Waals surface area (Å²) in [6, 6.07) is 59.1. The van der Waals surface area contributed by atoms with Gasteiger partial charge in [0.1, 0.15) is 0 Å². The Kier molecular flexibility index (Phi) is 7.72. The molecule has 0 aliphatic heterocycles. The number of benzene rings is 7. The number of aromatic nitrogens is 3. The van der Waals surface area contributed by atoms with E-state index >= 15 is 0 Å². The van der Waals surface area contributed by atoms with Gasteiger partial charge in [0.2, 0.25) is 0 Å². The van der Waals surface area contributed by atoms with Gasteiger partial charge in [0, 0.05) is 0 Å². The number of hydrogen-bond acceptors (Lipinski definition) is 3. The van der Waals surface area contributed by atoms with Crippen molar-refractivity contribution < 1.29 is 0 Å². The quantitative estimate of drug-likeness (QED) is 0.166. The normalized spacial score (nSPS) is 11.1. The Morgan fingerprint density at radius 3 is 1.30 bits per heavy atom. The summed E-state index contributed by atoms with van der Waals surface area (Å²) in [6.45, 7) is 0. The van der Waals surface area contributed by atoms with Crippen molar-refractivity contribution >= 4 is 31.2 Å². The van der Waals surface area contributed by atoms with Gasteiger partial charge >= 0.3 is 271 Å². The molecule has 7 aromatic carbocycles. The second kappa shape index (κ2) is 12.6. The molecule has 0 fully saturated rings. The molecule has 0 aliphatic rings. The fraction of sp³-hybridized carbons (Fsp3) is 0. The topological polar surface area (TPSA) is 38.7 Å². The molecule has 0 bridgehead atoms. The Morgan fingerprint density at radius 1 is 0.298 bits per heavy atom. The van der Waals surface area contributed by atoms with E-state index in [1.54, 1.807) is 0 Å². The van der Waals surface area contributed by atoms with Crippen LogP contribution < -0.4 is 4.46 Å². The van der Waals surface area contributed by atoms with Crippen LogP contribution >= 0.6 is 0 Å². The summed E-state index contributed by atoms with van der Waals surface area (Å²) in [5, 5.41) is 2.32. The number of nitrogens with zero attached hydrogens (tertiary/aromatic N) is 3. The van der Waals surface area contributed by atoms with E-state index in [-0.39, 0.29) is 0 Å². The third-order valence-corrected chi connectivity index (χ3v) is 9.48. The molecule has 0 spiro atoms. The SMILES string of the molecule is [SeH]c1c(-c2ccccc2)cccc1-c1ccc(-c2ccccc2)c2ccc(-c3nc(-c4ccccc4)nc(-c4ccccc4)n3)cc12. The van der Waals surface area contributed by atoms with Crippen LogP contribution in [0.4, 0.5) is 0 Å². The van der Waals surface area contributed by atoms with Gasteiger partial charge in [0.05, 0.1) is 0 Å². The molecule has 0 saturated heterocycles. The average Bonchev–Trinajstić information content (AvgIpc) is 3.15. The van der Waals surface area contributed by atoms with E-state index in [2.05, 4.69) is 125 Å². The summed E-state index contributed by atoms with van der Waals surface area (Å²) in [5.41, 5.74) is 9.95. The van der Waals surface area contributed by atoms with Crippen LogP contribution in [0.3, 0.4) is 0 Å². The third-order valence-electron chi connectivity index (χ3n) is 8.47. The summed E-state index contributed by atoms with van der Waals surface area (Å²) < 4.78 is 1.18. The Balaban J connectivity index is 1.37. The van der Waals surface area contributed by atoms with Crippen LogP contribution in [-0.2, 0) is 0 Å². The first-order valence-corrected chi connectivity index (χ1v) is 16.5. The minimum absolute atomic E-state index is 0.640. The fourth-order valence-corrected chi connectivity index (χ4v) is 6.98. The van der Waals surface area contributed by atoms with Crippen molar-refractivity contribution in [2.45, 2.75) is 0 Å². The Labute approximate surface area is 282 Å². The molecule has 0 unspecified atom stereocenters. The average molecular weight is 667 g/mol. The van der Waals surface area contributed by atoms with Crippen molar-refractivity contribution in [2.24, 2.45) is 0 Å². The van der Waals surface area contributed by atoms with Crippen molar-refractivity contribution in [3.05, 3.63) is 170 Å². The molecular formula is C43H29N3Se. The third kappa shape index (κ3) is 5.66. The molecule has 1 heterocycles. The predicted molar refractivity (Wildman–Crippen MR) is 197 cm³/mol. The van der Waals surface area contributed by atoms with E-state index in [0.29, 0.717) is 17.5 Å². The van der Waals surface area contributed by atoms with Gasteiger partial charge in [-0.2, -0.15) is 0 Å². The molecule has 0 N–H and O–H groups in total. The molecule has 3 nitrogen and oxygen atoms in total. The molecular weight excluding hydrogens is 637 g/mol. The zero-order valence-electron chi connectivity index (χ0n) is 25.5. The van der Waals surface area contributed by atoms with Crippen LogP contribution in [0.5, 0.6) is 0 Å². The van der Waals surface area contributed by atoms with Crippen LogP contribution in [-0.4, -0.2) is 31.0 Å². The van der Waals surface area contributed by atoms with E-state index in [1.807, 2.05) is 60.7 Å². The molecule has 0 aliphatic carbocycles. The van der Waals surface area contributed by atoms with Crippen LogP contribution in [0.15, 0.2) is 170 Å². The Morgan fingerprint density at radius 2 is 0.745 bits per heavy atom. The van der Waals surface area contributed by atoms with E-state index in [0.717, 1.165) is 27.6 Å². The zero-order chi connectivity index (χ0) is 31.6. The van der Waals surface area contributed by atoms with Gasteiger partial charge in [-0.15, -0.1) is 0 Å². The number of hydrogen-bond donors (Lipinski definition) is 0. The number of rotatable bonds is 6. The fourth-order valence-electron chi connectivity index (χ4n) is 6.14. The van der Waals surface area contributed by atoms with Gasteiger partial charge in [-0.25, -0.2) is 0 Å². The molecule has 1 aromatic heterocycles. The molecule has 0 radical (unpaired) electrons. The van der Waals surface area contributed by atoms with Crippen LogP contribution in [0.2, 0.25) is 0 Å². The maximum atomic E-state index is 5.04. The van der Waals surface area contributed by atoms with Crippen LogP contribution in [0.1, 0.15) is 0 Å². The Hall–Kier alpha value is -5.67. The molecule has 222 valence electrons. The van der Waals surface area contributed by atoms with Crippen LogP contribution in [0.25, 0.3) is 78.3 Å². The molecule has 0 amide bonds. The summed E-state index contributed by atoms with van der Waals surface area (Å²) in [6.07, 6.45) is 0. The van der Waals surface area contributed by atoms with E-state index in [4.69, 9.17) is 15.0 Å². The molecule has 0 saturated carbocycles. The first-order valence-electron chi connectivity index (χ1n) is 15.6. The minimum atomic E-state index is 0.640. The first-order chi connectivity index (χ1) is 23.2. The van der Waals surface area contributed by atoms with Crippen molar-refractivity contribution in [1.82, 2.24) is 15.0 Å². The second-order valence-corrected chi connectivity index (χ2v) is 12.3. The zero-order valence-corrected chi connectivity index (χ0v) is 27.3. The van der Waals surface area contributed by atoms with Gasteiger partial charge in [0.15, 0.2) is 0 Å². The summed E-state index contributed by atoms with van der Waals surface area (Å²) in [4.78, 5) is 15.0. The number of fused-ring (bicyclic) bond motifs is 1. The van der Waals surface area contributed by atoms with Crippen LogP contribution in [0, 0.1) is 0 Å². The molecule has 8 aromatic rings. The standard InChI is InChI=1S/C43H29N3Se/c47-40-35(30-16-7-2-8-17-30)22-13-23-38(40)37-27-26-34(29-14-5-1-6-15-29)36-25-24-33(28-39(36)37)43-45-41(31-18-9-3-10-19-31)44-42(46-43)32-20-11-4-12-21-32/h1-28,47H. The first kappa shape index (κ1) is 28.8. The molecule has 0 atom stereocenters. The van der Waals surface area contributed by atoms with Gasteiger partial charge in [0.25, 0.3) is 0 Å². The van der Waals surface area contributed by atoms with Crippen molar-refractivity contribution in [1.29, 1.82) is 0 Å². The Bertz CT molecular complexity index is 2280. The predicted octanol–water partition coefficient (Wildman–Crippen LogP) is 9.55. The van der Waals surface area contributed by atoms with Gasteiger partial charge in [-0.3, -0.25) is 0 Å². The summed E-state index contributed by atoms with van der Waals surface area (Å²) >= 11 is 2.82. The van der Waals surface area contributed by atoms with Gasteiger partial charge in [-0.05, 0) is 0 Å². The molecule has 47 heavy (non-hydrogen) atoms. The second-order valence-electron chi connectivity index (χ2n) is 11.4. The monoisotopic (exact) mass is 667 g/mol. The summed E-state index contributed by atoms with van der Waals surface area (Å²) in [5.74, 6) is 1.94. The van der Waals surface area contributed by atoms with E-state index in [1.165, 1.54) is 37.7 Å².